The van der Waals surface area contributed by atoms with Crippen LogP contribution in [0, 0.1) is 5.82 Å². The Labute approximate surface area is 188 Å². The number of hydrogen-bond donors (Lipinski definition) is 4. The summed E-state index contributed by atoms with van der Waals surface area (Å²) in [5, 5.41) is 18.9. The molecule has 2 aromatic carbocycles. The molecular formula is C22H22ClFN4O4. The highest BCUT2D eigenvalue weighted by molar-refractivity contribution is 6.31. The summed E-state index contributed by atoms with van der Waals surface area (Å²) in [4.78, 5) is 27.9. The maximum Gasteiger partial charge on any atom is 0.412 e. The predicted octanol–water partition coefficient (Wildman–Crippen LogP) is 2.97. The lowest BCUT2D eigenvalue weighted by atomic mass is 10.1. The monoisotopic (exact) mass is 460 g/mol. The van der Waals surface area contributed by atoms with E-state index in [9.17, 15) is 19.1 Å². The van der Waals surface area contributed by atoms with Crippen LogP contribution in [0.5, 0.6) is 0 Å². The first-order valence-electron chi connectivity index (χ1n) is 9.80. The zero-order chi connectivity index (χ0) is 22.9. The fraction of sp³-hybridized carbons (Fsp3) is 0.227. The molecule has 0 fully saturated rings. The molecule has 1 heterocycles. The summed E-state index contributed by atoms with van der Waals surface area (Å²) in [6.45, 7) is 0.280. The average molecular weight is 461 g/mol. The smallest absolute Gasteiger partial charge is 0.412 e. The number of rotatable bonds is 9. The summed E-state index contributed by atoms with van der Waals surface area (Å²) in [6, 6.07) is 11.6. The Balaban J connectivity index is 1.34. The third kappa shape index (κ3) is 6.61. The number of benzene rings is 2. The van der Waals surface area contributed by atoms with E-state index in [1.807, 2.05) is 12.1 Å². The molecule has 0 spiro atoms. The predicted molar refractivity (Wildman–Crippen MR) is 119 cm³/mol. The van der Waals surface area contributed by atoms with Crippen molar-refractivity contribution in [2.45, 2.75) is 13.2 Å². The number of aromatic nitrogens is 1. The van der Waals surface area contributed by atoms with Gasteiger partial charge in [0.2, 0.25) is 5.91 Å². The van der Waals surface area contributed by atoms with Crippen LogP contribution >= 0.6 is 11.6 Å². The van der Waals surface area contributed by atoms with E-state index in [1.165, 1.54) is 6.07 Å². The highest BCUT2D eigenvalue weighted by Gasteiger charge is 2.08. The zero-order valence-corrected chi connectivity index (χ0v) is 17.8. The second-order valence-corrected chi connectivity index (χ2v) is 7.21. The quantitative estimate of drug-likeness (QED) is 0.365. The van der Waals surface area contributed by atoms with Crippen molar-refractivity contribution in [3.05, 3.63) is 70.6 Å². The highest BCUT2D eigenvalue weighted by atomic mass is 35.5. The van der Waals surface area contributed by atoms with Crippen LogP contribution in [0.15, 0.2) is 48.7 Å². The van der Waals surface area contributed by atoms with Gasteiger partial charge in [0.15, 0.2) is 0 Å². The summed E-state index contributed by atoms with van der Waals surface area (Å²) in [6.07, 6.45) is 0.894. The van der Waals surface area contributed by atoms with Gasteiger partial charge in [-0.05, 0) is 34.7 Å². The highest BCUT2D eigenvalue weighted by Crippen LogP contribution is 2.19. The van der Waals surface area contributed by atoms with Crippen LogP contribution in [0.25, 0.3) is 10.8 Å². The van der Waals surface area contributed by atoms with Crippen LogP contribution in [0.4, 0.5) is 15.0 Å². The third-order valence-electron chi connectivity index (χ3n) is 4.49. The number of carbonyl (C=O) groups excluding carboxylic acids is 2. The van der Waals surface area contributed by atoms with Gasteiger partial charge in [-0.15, -0.1) is 0 Å². The summed E-state index contributed by atoms with van der Waals surface area (Å²) in [7, 11) is 0. The van der Waals surface area contributed by atoms with Gasteiger partial charge in [-0.1, -0.05) is 35.9 Å². The van der Waals surface area contributed by atoms with Crippen LogP contribution in [-0.2, 0) is 22.7 Å². The van der Waals surface area contributed by atoms with Gasteiger partial charge >= 0.3 is 6.09 Å². The van der Waals surface area contributed by atoms with Gasteiger partial charge in [-0.25, -0.2) is 14.2 Å². The molecule has 0 saturated carbocycles. The topological polar surface area (TPSA) is 113 Å². The van der Waals surface area contributed by atoms with Gasteiger partial charge in [0.1, 0.15) is 18.2 Å². The Morgan fingerprint density at radius 2 is 2.00 bits per heavy atom. The number of ether oxygens (including phenoxy) is 1. The van der Waals surface area contributed by atoms with Crippen molar-refractivity contribution in [1.29, 1.82) is 0 Å². The second kappa shape index (κ2) is 11.4. The van der Waals surface area contributed by atoms with Crippen molar-refractivity contribution in [2.24, 2.45) is 0 Å². The lowest BCUT2D eigenvalue weighted by Crippen LogP contribution is -2.36. The molecule has 32 heavy (non-hydrogen) atoms. The first-order valence-corrected chi connectivity index (χ1v) is 10.2. The van der Waals surface area contributed by atoms with Crippen molar-refractivity contribution in [3.63, 3.8) is 0 Å². The molecule has 2 amide bonds. The number of nitrogens with zero attached hydrogens (tertiary/aromatic N) is 1. The molecule has 0 aliphatic rings. The van der Waals surface area contributed by atoms with E-state index in [1.54, 1.807) is 30.5 Å². The molecule has 0 aliphatic heterocycles. The maximum absolute atomic E-state index is 13.4. The molecule has 3 aromatic rings. The Morgan fingerprint density at radius 1 is 1.16 bits per heavy atom. The number of aliphatic hydroxyl groups excluding tert-OH is 1. The van der Waals surface area contributed by atoms with Crippen molar-refractivity contribution >= 4 is 40.2 Å². The number of amides is 2. The number of aliphatic hydroxyl groups is 1. The van der Waals surface area contributed by atoms with Gasteiger partial charge < -0.3 is 20.5 Å². The van der Waals surface area contributed by atoms with Crippen molar-refractivity contribution in [2.75, 3.05) is 25.0 Å². The van der Waals surface area contributed by atoms with E-state index >= 15 is 0 Å². The Morgan fingerprint density at radius 3 is 2.81 bits per heavy atom. The SMILES string of the molecule is O=C(CNCc1cccc(F)c1Cl)NCCOC(=O)Nc1cc2ccc(CO)cc2cn1. The largest absolute Gasteiger partial charge is 0.447 e. The number of pyridine rings is 1. The van der Waals surface area contributed by atoms with E-state index in [4.69, 9.17) is 16.3 Å². The molecule has 0 atom stereocenters. The summed E-state index contributed by atoms with van der Waals surface area (Å²) in [5.41, 5.74) is 1.32. The van der Waals surface area contributed by atoms with Crippen LogP contribution < -0.4 is 16.0 Å². The Bertz CT molecular complexity index is 1110. The molecule has 8 nitrogen and oxygen atoms in total. The summed E-state index contributed by atoms with van der Waals surface area (Å²) >= 11 is 5.86. The van der Waals surface area contributed by atoms with Gasteiger partial charge in [0, 0.05) is 18.1 Å². The van der Waals surface area contributed by atoms with Crippen molar-refractivity contribution in [1.82, 2.24) is 15.6 Å². The van der Waals surface area contributed by atoms with Crippen molar-refractivity contribution < 1.29 is 23.8 Å². The van der Waals surface area contributed by atoms with Gasteiger partial charge in [0.05, 0.1) is 24.7 Å². The molecule has 0 saturated heterocycles. The molecular weight excluding hydrogens is 439 g/mol. The van der Waals surface area contributed by atoms with Gasteiger partial charge in [-0.2, -0.15) is 0 Å². The van der Waals surface area contributed by atoms with E-state index < -0.39 is 11.9 Å². The van der Waals surface area contributed by atoms with E-state index in [0.29, 0.717) is 11.4 Å². The van der Waals surface area contributed by atoms with Crippen LogP contribution in [0.2, 0.25) is 5.02 Å². The lowest BCUT2D eigenvalue weighted by molar-refractivity contribution is -0.120. The van der Waals surface area contributed by atoms with Crippen LogP contribution in [0.3, 0.4) is 0 Å². The number of halogens is 2. The fourth-order valence-corrected chi connectivity index (χ4v) is 3.08. The molecule has 0 bridgehead atoms. The van der Waals surface area contributed by atoms with Crippen LogP contribution in [-0.4, -0.2) is 41.8 Å². The fourth-order valence-electron chi connectivity index (χ4n) is 2.89. The maximum atomic E-state index is 13.4. The molecule has 3 rings (SSSR count). The number of fused-ring (bicyclic) bond motifs is 1. The minimum atomic E-state index is -0.697. The number of hydrogen-bond acceptors (Lipinski definition) is 6. The van der Waals surface area contributed by atoms with E-state index in [2.05, 4.69) is 20.9 Å². The standard InChI is InChI=1S/C22H22ClFN4O4/c23-21-16(2-1-3-18(21)24)10-25-12-20(30)26-6-7-32-22(31)28-19-9-15-5-4-14(13-29)8-17(15)11-27-19/h1-5,8-9,11,25,29H,6-7,10,12-13H2,(H,26,30)(H,27,28,31). The Hall–Kier alpha value is -3.27. The number of carbonyl (C=O) groups is 2. The van der Waals surface area contributed by atoms with Gasteiger partial charge in [0.25, 0.3) is 0 Å². The van der Waals surface area contributed by atoms with E-state index in [-0.39, 0.29) is 43.8 Å². The minimum Gasteiger partial charge on any atom is -0.447 e. The molecule has 1 aromatic heterocycles. The molecule has 4 N–H and O–H groups in total. The molecule has 168 valence electrons. The first-order chi connectivity index (χ1) is 15.5. The lowest BCUT2D eigenvalue weighted by Gasteiger charge is -2.10. The van der Waals surface area contributed by atoms with Crippen LogP contribution in [0.1, 0.15) is 11.1 Å². The summed E-state index contributed by atoms with van der Waals surface area (Å²) in [5.74, 6) is -0.496. The first kappa shape index (κ1) is 23.4. The molecule has 0 aliphatic carbocycles. The number of anilines is 1. The average Bonchev–Trinajstić information content (AvgIpc) is 2.79. The second-order valence-electron chi connectivity index (χ2n) is 6.84. The summed E-state index contributed by atoms with van der Waals surface area (Å²) < 4.78 is 18.4. The molecule has 10 heteroatoms. The Kier molecular flexibility index (Phi) is 8.32. The molecule has 0 unspecified atom stereocenters. The zero-order valence-electron chi connectivity index (χ0n) is 17.0. The third-order valence-corrected chi connectivity index (χ3v) is 4.91. The minimum absolute atomic E-state index is 0.00194. The normalized spacial score (nSPS) is 10.7. The number of nitrogens with one attached hydrogen (secondary N) is 3. The van der Waals surface area contributed by atoms with E-state index in [0.717, 1.165) is 16.3 Å². The van der Waals surface area contributed by atoms with Crippen molar-refractivity contribution in [3.8, 4) is 0 Å². The van der Waals surface area contributed by atoms with Gasteiger partial charge in [-0.3, -0.25) is 10.1 Å². The molecule has 0 radical (unpaired) electrons.